The molecular formula is C19H15FN2O4S. The number of thioether (sulfide) groups is 1. The van der Waals surface area contributed by atoms with Gasteiger partial charge in [0.2, 0.25) is 0 Å². The molecule has 6 nitrogen and oxygen atoms in total. The fourth-order valence-corrected chi connectivity index (χ4v) is 3.25. The SMILES string of the molecule is NC(=O)COc1cccc(/C=C2\SC(=O)N(Cc3ccc(F)cc3)C2=O)c1. The lowest BCUT2D eigenvalue weighted by Crippen LogP contribution is -2.27. The van der Waals surface area contributed by atoms with Crippen LogP contribution in [0.2, 0.25) is 0 Å². The van der Waals surface area contributed by atoms with Gasteiger partial charge in [-0.05, 0) is 53.2 Å². The molecule has 138 valence electrons. The van der Waals surface area contributed by atoms with Crippen LogP contribution in [-0.4, -0.2) is 28.6 Å². The summed E-state index contributed by atoms with van der Waals surface area (Å²) in [6, 6.07) is 12.3. The first kappa shape index (κ1) is 18.7. The number of nitrogens with two attached hydrogens (primary N) is 1. The Balaban J connectivity index is 1.75. The average Bonchev–Trinajstić information content (AvgIpc) is 2.89. The van der Waals surface area contributed by atoms with Crippen molar-refractivity contribution < 1.29 is 23.5 Å². The Hall–Kier alpha value is -3.13. The van der Waals surface area contributed by atoms with E-state index >= 15 is 0 Å². The lowest BCUT2D eigenvalue weighted by Gasteiger charge is -2.12. The summed E-state index contributed by atoms with van der Waals surface area (Å²) in [7, 11) is 0. The molecule has 0 bridgehead atoms. The van der Waals surface area contributed by atoms with E-state index in [2.05, 4.69) is 0 Å². The number of benzene rings is 2. The Kier molecular flexibility index (Phi) is 5.56. The molecule has 0 aliphatic carbocycles. The van der Waals surface area contributed by atoms with Gasteiger partial charge in [-0.15, -0.1) is 0 Å². The van der Waals surface area contributed by atoms with Gasteiger partial charge in [-0.3, -0.25) is 19.3 Å². The first-order valence-corrected chi connectivity index (χ1v) is 8.75. The lowest BCUT2D eigenvalue weighted by atomic mass is 10.2. The molecule has 0 atom stereocenters. The first-order chi connectivity index (χ1) is 12.9. The monoisotopic (exact) mass is 386 g/mol. The quantitative estimate of drug-likeness (QED) is 0.771. The number of hydrogen-bond acceptors (Lipinski definition) is 5. The number of nitrogens with zero attached hydrogens (tertiary/aromatic N) is 1. The van der Waals surface area contributed by atoms with Gasteiger partial charge in [-0.25, -0.2) is 4.39 Å². The van der Waals surface area contributed by atoms with Crippen LogP contribution in [0.5, 0.6) is 5.75 Å². The van der Waals surface area contributed by atoms with Crippen LogP contribution < -0.4 is 10.5 Å². The third kappa shape index (κ3) is 4.73. The number of ether oxygens (including phenoxy) is 1. The molecule has 1 fully saturated rings. The Labute approximate surface area is 158 Å². The van der Waals surface area contributed by atoms with Gasteiger partial charge < -0.3 is 10.5 Å². The zero-order chi connectivity index (χ0) is 19.4. The van der Waals surface area contributed by atoms with Gasteiger partial charge in [-0.1, -0.05) is 24.3 Å². The number of imide groups is 1. The van der Waals surface area contributed by atoms with E-state index in [-0.39, 0.29) is 23.9 Å². The van der Waals surface area contributed by atoms with E-state index in [0.717, 1.165) is 16.7 Å². The van der Waals surface area contributed by atoms with Gasteiger partial charge in [0.25, 0.3) is 17.1 Å². The van der Waals surface area contributed by atoms with E-state index < -0.39 is 17.1 Å². The van der Waals surface area contributed by atoms with Crippen molar-refractivity contribution in [3.63, 3.8) is 0 Å². The maximum Gasteiger partial charge on any atom is 0.293 e. The number of carbonyl (C=O) groups is 3. The van der Waals surface area contributed by atoms with E-state index in [1.54, 1.807) is 30.3 Å². The lowest BCUT2D eigenvalue weighted by molar-refractivity contribution is -0.123. The highest BCUT2D eigenvalue weighted by Gasteiger charge is 2.34. The maximum absolute atomic E-state index is 13.0. The molecule has 1 saturated heterocycles. The van der Waals surface area contributed by atoms with Crippen molar-refractivity contribution in [3.8, 4) is 5.75 Å². The number of hydrogen-bond donors (Lipinski definition) is 1. The van der Waals surface area contributed by atoms with Crippen LogP contribution in [0.1, 0.15) is 11.1 Å². The maximum atomic E-state index is 13.0. The minimum atomic E-state index is -0.595. The van der Waals surface area contributed by atoms with Crippen molar-refractivity contribution in [2.24, 2.45) is 5.73 Å². The Bertz CT molecular complexity index is 928. The van der Waals surface area contributed by atoms with E-state index in [4.69, 9.17) is 10.5 Å². The summed E-state index contributed by atoms with van der Waals surface area (Å²) in [5, 5.41) is -0.392. The summed E-state index contributed by atoms with van der Waals surface area (Å²) in [6.45, 7) is -0.179. The van der Waals surface area contributed by atoms with Crippen LogP contribution >= 0.6 is 11.8 Å². The van der Waals surface area contributed by atoms with Crippen LogP contribution in [-0.2, 0) is 16.1 Å². The van der Waals surface area contributed by atoms with Gasteiger partial charge >= 0.3 is 0 Å². The fraction of sp³-hybridized carbons (Fsp3) is 0.105. The second-order valence-electron chi connectivity index (χ2n) is 5.72. The summed E-state index contributed by atoms with van der Waals surface area (Å²) in [4.78, 5) is 36.9. The Morgan fingerprint density at radius 1 is 1.19 bits per heavy atom. The van der Waals surface area contributed by atoms with Crippen molar-refractivity contribution in [2.75, 3.05) is 6.61 Å². The third-order valence-electron chi connectivity index (χ3n) is 3.66. The molecule has 2 aromatic rings. The molecule has 0 unspecified atom stereocenters. The van der Waals surface area contributed by atoms with E-state index in [1.807, 2.05) is 0 Å². The average molecular weight is 386 g/mol. The molecule has 0 radical (unpaired) electrons. The standard InChI is InChI=1S/C19H15FN2O4S/c20-14-6-4-12(5-7-14)10-22-18(24)16(27-19(22)25)9-13-2-1-3-15(8-13)26-11-17(21)23/h1-9H,10-11H2,(H2,21,23)/b16-9-. The molecule has 27 heavy (non-hydrogen) atoms. The predicted molar refractivity (Wildman–Crippen MR) is 99.0 cm³/mol. The number of carbonyl (C=O) groups excluding carboxylic acids is 3. The van der Waals surface area contributed by atoms with E-state index in [1.165, 1.54) is 24.3 Å². The summed E-state index contributed by atoms with van der Waals surface area (Å²) < 4.78 is 18.2. The molecule has 8 heteroatoms. The molecule has 0 spiro atoms. The zero-order valence-corrected chi connectivity index (χ0v) is 14.9. The predicted octanol–water partition coefficient (Wildman–Crippen LogP) is 2.93. The van der Waals surface area contributed by atoms with Gasteiger partial charge in [0.15, 0.2) is 6.61 Å². The molecule has 3 amide bonds. The van der Waals surface area contributed by atoms with E-state index in [0.29, 0.717) is 16.9 Å². The Morgan fingerprint density at radius 3 is 2.63 bits per heavy atom. The summed E-state index contributed by atoms with van der Waals surface area (Å²) >= 11 is 0.833. The molecule has 1 heterocycles. The molecule has 2 N–H and O–H groups in total. The molecule has 3 rings (SSSR count). The number of rotatable bonds is 6. The molecular weight excluding hydrogens is 371 g/mol. The Morgan fingerprint density at radius 2 is 1.93 bits per heavy atom. The zero-order valence-electron chi connectivity index (χ0n) is 14.1. The minimum absolute atomic E-state index is 0.0735. The molecule has 2 aromatic carbocycles. The number of primary amides is 1. The highest BCUT2D eigenvalue weighted by Crippen LogP contribution is 2.33. The molecule has 0 aromatic heterocycles. The largest absolute Gasteiger partial charge is 0.484 e. The first-order valence-electron chi connectivity index (χ1n) is 7.93. The summed E-state index contributed by atoms with van der Waals surface area (Å²) in [6.07, 6.45) is 1.58. The molecule has 0 saturated carbocycles. The van der Waals surface area contributed by atoms with Crippen molar-refractivity contribution in [1.82, 2.24) is 4.90 Å². The van der Waals surface area contributed by atoms with Crippen molar-refractivity contribution in [3.05, 3.63) is 70.4 Å². The smallest absolute Gasteiger partial charge is 0.293 e. The number of amides is 3. The van der Waals surface area contributed by atoms with Crippen molar-refractivity contribution in [2.45, 2.75) is 6.54 Å². The third-order valence-corrected chi connectivity index (χ3v) is 4.57. The number of halogens is 1. The minimum Gasteiger partial charge on any atom is -0.484 e. The van der Waals surface area contributed by atoms with Crippen LogP contribution in [0.25, 0.3) is 6.08 Å². The van der Waals surface area contributed by atoms with Gasteiger partial charge in [0.05, 0.1) is 11.4 Å². The summed E-state index contributed by atoms with van der Waals surface area (Å²) in [5.74, 6) is -0.973. The van der Waals surface area contributed by atoms with Crippen LogP contribution in [0.3, 0.4) is 0 Å². The fourth-order valence-electron chi connectivity index (χ4n) is 2.41. The van der Waals surface area contributed by atoms with Crippen LogP contribution in [0, 0.1) is 5.82 Å². The van der Waals surface area contributed by atoms with Crippen LogP contribution in [0.4, 0.5) is 9.18 Å². The second-order valence-corrected chi connectivity index (χ2v) is 6.71. The highest BCUT2D eigenvalue weighted by atomic mass is 32.2. The summed E-state index contributed by atoms with van der Waals surface area (Å²) in [5.41, 5.74) is 6.34. The normalized spacial score (nSPS) is 15.4. The highest BCUT2D eigenvalue weighted by molar-refractivity contribution is 8.18. The van der Waals surface area contributed by atoms with Crippen molar-refractivity contribution in [1.29, 1.82) is 0 Å². The molecule has 1 aliphatic rings. The van der Waals surface area contributed by atoms with Gasteiger partial charge in [0.1, 0.15) is 11.6 Å². The molecule has 1 aliphatic heterocycles. The topological polar surface area (TPSA) is 89.7 Å². The van der Waals surface area contributed by atoms with Gasteiger partial charge in [-0.2, -0.15) is 0 Å². The van der Waals surface area contributed by atoms with Crippen LogP contribution in [0.15, 0.2) is 53.4 Å². The second kappa shape index (κ2) is 8.05. The van der Waals surface area contributed by atoms with Crippen molar-refractivity contribution >= 4 is 34.9 Å². The van der Waals surface area contributed by atoms with E-state index in [9.17, 15) is 18.8 Å². The van der Waals surface area contributed by atoms with Gasteiger partial charge in [0, 0.05) is 0 Å².